The van der Waals surface area contributed by atoms with Gasteiger partial charge in [-0.25, -0.2) is 13.4 Å². The molecule has 1 saturated heterocycles. The van der Waals surface area contributed by atoms with E-state index in [0.29, 0.717) is 19.0 Å². The van der Waals surface area contributed by atoms with Crippen molar-refractivity contribution in [2.24, 2.45) is 5.92 Å². The van der Waals surface area contributed by atoms with Crippen LogP contribution >= 0.6 is 0 Å². The Labute approximate surface area is 108 Å². The number of aromatic nitrogens is 1. The number of sulfonamides is 1. The van der Waals surface area contributed by atoms with Crippen molar-refractivity contribution >= 4 is 15.8 Å². The first kappa shape index (κ1) is 13.3. The van der Waals surface area contributed by atoms with Crippen LogP contribution in [0.5, 0.6) is 0 Å². The van der Waals surface area contributed by atoms with E-state index >= 15 is 0 Å². The van der Waals surface area contributed by atoms with Crippen LogP contribution in [0.15, 0.2) is 23.2 Å². The van der Waals surface area contributed by atoms with Crippen molar-refractivity contribution in [2.75, 3.05) is 18.8 Å². The van der Waals surface area contributed by atoms with Crippen molar-refractivity contribution in [3.05, 3.63) is 18.3 Å². The molecule has 0 aliphatic carbocycles. The Bertz CT molecular complexity index is 516. The van der Waals surface area contributed by atoms with Gasteiger partial charge in [0.15, 0.2) is 0 Å². The normalized spacial score (nSPS) is 21.3. The Morgan fingerprint density at radius 3 is 3.00 bits per heavy atom. The highest BCUT2D eigenvalue weighted by Gasteiger charge is 2.33. The fraction of sp³-hybridized carbons (Fsp3) is 0.583. The first-order valence-corrected chi connectivity index (χ1v) is 7.70. The number of hydrogen-bond donors (Lipinski definition) is 1. The molecule has 18 heavy (non-hydrogen) atoms. The molecule has 1 aromatic heterocycles. The van der Waals surface area contributed by atoms with Crippen molar-refractivity contribution in [1.29, 1.82) is 0 Å². The van der Waals surface area contributed by atoms with Gasteiger partial charge in [0.05, 0.1) is 0 Å². The molecule has 0 radical (unpaired) electrons. The van der Waals surface area contributed by atoms with E-state index in [2.05, 4.69) is 11.9 Å². The zero-order chi connectivity index (χ0) is 13.2. The van der Waals surface area contributed by atoms with Gasteiger partial charge < -0.3 is 5.73 Å². The smallest absolute Gasteiger partial charge is 0.246 e. The summed E-state index contributed by atoms with van der Waals surface area (Å²) in [7, 11) is -3.47. The minimum absolute atomic E-state index is 0.0800. The van der Waals surface area contributed by atoms with E-state index in [-0.39, 0.29) is 10.7 Å². The predicted molar refractivity (Wildman–Crippen MR) is 70.4 cm³/mol. The summed E-state index contributed by atoms with van der Waals surface area (Å²) in [6, 6.07) is 3.12. The van der Waals surface area contributed by atoms with E-state index < -0.39 is 10.0 Å². The molecule has 1 unspecified atom stereocenters. The van der Waals surface area contributed by atoms with Gasteiger partial charge in [-0.05, 0) is 30.9 Å². The van der Waals surface area contributed by atoms with Gasteiger partial charge in [0, 0.05) is 19.3 Å². The average Bonchev–Trinajstić information content (AvgIpc) is 2.79. The van der Waals surface area contributed by atoms with Crippen LogP contribution in [0.3, 0.4) is 0 Å². The first-order valence-electron chi connectivity index (χ1n) is 6.26. The van der Waals surface area contributed by atoms with Crippen molar-refractivity contribution in [1.82, 2.24) is 9.29 Å². The van der Waals surface area contributed by atoms with Gasteiger partial charge in [-0.3, -0.25) is 0 Å². The molecule has 0 bridgehead atoms. The summed E-state index contributed by atoms with van der Waals surface area (Å²) < 4.78 is 26.4. The highest BCUT2D eigenvalue weighted by molar-refractivity contribution is 7.89. The number of nitrogens with two attached hydrogens (primary N) is 1. The molecule has 2 heterocycles. The monoisotopic (exact) mass is 269 g/mol. The van der Waals surface area contributed by atoms with Crippen LogP contribution in [0, 0.1) is 5.92 Å². The number of nitrogens with zero attached hydrogens (tertiary/aromatic N) is 2. The van der Waals surface area contributed by atoms with E-state index in [1.165, 1.54) is 16.6 Å². The summed E-state index contributed by atoms with van der Waals surface area (Å²) in [5.41, 5.74) is 5.65. The van der Waals surface area contributed by atoms with Crippen LogP contribution in [-0.4, -0.2) is 30.8 Å². The highest BCUT2D eigenvalue weighted by atomic mass is 32.2. The maximum absolute atomic E-state index is 12.4. The van der Waals surface area contributed by atoms with Crippen LogP contribution in [-0.2, 0) is 10.0 Å². The quantitative estimate of drug-likeness (QED) is 0.898. The molecule has 0 saturated carbocycles. The zero-order valence-corrected chi connectivity index (χ0v) is 11.4. The lowest BCUT2D eigenvalue weighted by Gasteiger charge is -2.17. The molecular formula is C12H19N3O2S. The molecule has 1 aromatic rings. The van der Waals surface area contributed by atoms with Crippen molar-refractivity contribution in [2.45, 2.75) is 31.1 Å². The molecule has 1 fully saturated rings. The van der Waals surface area contributed by atoms with Crippen molar-refractivity contribution in [3.8, 4) is 0 Å². The molecule has 0 spiro atoms. The van der Waals surface area contributed by atoms with Gasteiger partial charge in [-0.2, -0.15) is 4.31 Å². The average molecular weight is 269 g/mol. The first-order chi connectivity index (χ1) is 8.55. The van der Waals surface area contributed by atoms with Crippen LogP contribution in [0.2, 0.25) is 0 Å². The van der Waals surface area contributed by atoms with E-state index in [1.54, 1.807) is 6.07 Å². The molecular weight excluding hydrogens is 250 g/mol. The van der Waals surface area contributed by atoms with Crippen molar-refractivity contribution in [3.63, 3.8) is 0 Å². The van der Waals surface area contributed by atoms with E-state index in [4.69, 9.17) is 5.73 Å². The van der Waals surface area contributed by atoms with Gasteiger partial charge in [-0.1, -0.05) is 13.3 Å². The van der Waals surface area contributed by atoms with Crippen molar-refractivity contribution < 1.29 is 8.42 Å². The molecule has 100 valence electrons. The van der Waals surface area contributed by atoms with Gasteiger partial charge in [0.1, 0.15) is 10.7 Å². The number of pyridine rings is 1. The van der Waals surface area contributed by atoms with E-state index in [9.17, 15) is 8.42 Å². The second kappa shape index (κ2) is 5.24. The fourth-order valence-corrected chi connectivity index (χ4v) is 4.02. The zero-order valence-electron chi connectivity index (χ0n) is 10.5. The van der Waals surface area contributed by atoms with Crippen LogP contribution in [0.1, 0.15) is 26.2 Å². The van der Waals surface area contributed by atoms with Crippen LogP contribution in [0.25, 0.3) is 0 Å². The lowest BCUT2D eigenvalue weighted by molar-refractivity contribution is 0.444. The summed E-state index contributed by atoms with van der Waals surface area (Å²) >= 11 is 0. The Morgan fingerprint density at radius 2 is 2.33 bits per heavy atom. The lowest BCUT2D eigenvalue weighted by atomic mass is 10.0. The summed E-state index contributed by atoms with van der Waals surface area (Å²) in [4.78, 5) is 3.97. The summed E-state index contributed by atoms with van der Waals surface area (Å²) in [5.74, 6) is 0.555. The van der Waals surface area contributed by atoms with Gasteiger partial charge in [0.25, 0.3) is 0 Å². The van der Waals surface area contributed by atoms with Crippen LogP contribution < -0.4 is 5.73 Å². The third-order valence-corrected chi connectivity index (χ3v) is 5.28. The molecule has 5 nitrogen and oxygen atoms in total. The van der Waals surface area contributed by atoms with Gasteiger partial charge >= 0.3 is 0 Å². The Kier molecular flexibility index (Phi) is 3.87. The SMILES string of the molecule is CCCC1CCN(S(=O)(=O)c2cccnc2N)C1. The standard InChI is InChI=1S/C12H19N3O2S/c1-2-4-10-6-8-15(9-10)18(16,17)11-5-3-7-14-12(11)13/h3,5,7,10H,2,4,6,8-9H2,1H3,(H2,13,14). The maximum Gasteiger partial charge on any atom is 0.246 e. The number of nitrogen functional groups attached to an aromatic ring is 1. The summed E-state index contributed by atoms with van der Waals surface area (Å²) in [6.45, 7) is 3.31. The maximum atomic E-state index is 12.4. The van der Waals surface area contributed by atoms with Gasteiger partial charge in [-0.15, -0.1) is 0 Å². The number of hydrogen-bond acceptors (Lipinski definition) is 4. The fourth-order valence-electron chi connectivity index (χ4n) is 2.42. The Hall–Kier alpha value is -1.14. The second-order valence-electron chi connectivity index (χ2n) is 4.69. The van der Waals surface area contributed by atoms with E-state index in [0.717, 1.165) is 19.3 Å². The molecule has 6 heteroatoms. The molecule has 1 aliphatic rings. The Morgan fingerprint density at radius 1 is 1.56 bits per heavy atom. The molecule has 0 amide bonds. The molecule has 2 N–H and O–H groups in total. The minimum atomic E-state index is -3.47. The molecule has 1 atom stereocenters. The van der Waals surface area contributed by atoms with E-state index in [1.807, 2.05) is 0 Å². The number of rotatable bonds is 4. The van der Waals surface area contributed by atoms with Gasteiger partial charge in [0.2, 0.25) is 10.0 Å². The minimum Gasteiger partial charge on any atom is -0.383 e. The van der Waals surface area contributed by atoms with Crippen LogP contribution in [0.4, 0.5) is 5.82 Å². The predicted octanol–water partition coefficient (Wildman–Crippen LogP) is 1.47. The summed E-state index contributed by atoms with van der Waals surface area (Å²) in [6.07, 6.45) is 4.60. The topological polar surface area (TPSA) is 76.3 Å². The molecule has 1 aliphatic heterocycles. The Balaban J connectivity index is 2.21. The largest absolute Gasteiger partial charge is 0.383 e. The molecule has 2 rings (SSSR count). The summed E-state index contributed by atoms with van der Waals surface area (Å²) in [5, 5.41) is 0. The number of anilines is 1. The third kappa shape index (κ3) is 2.49. The highest BCUT2D eigenvalue weighted by Crippen LogP contribution is 2.28. The molecule has 0 aromatic carbocycles. The second-order valence-corrected chi connectivity index (χ2v) is 6.60. The third-order valence-electron chi connectivity index (χ3n) is 3.36. The lowest BCUT2D eigenvalue weighted by Crippen LogP contribution is -2.29.